The van der Waals surface area contributed by atoms with Gasteiger partial charge in [0.05, 0.1) is 11.6 Å². The van der Waals surface area contributed by atoms with Gasteiger partial charge in [-0.3, -0.25) is 0 Å². The molecule has 0 saturated carbocycles. The third kappa shape index (κ3) is 6.98. The maximum atomic E-state index is 9.78. The van der Waals surface area contributed by atoms with Crippen LogP contribution in [0.4, 0.5) is 0 Å². The first kappa shape index (κ1) is 36.8. The summed E-state index contributed by atoms with van der Waals surface area (Å²) in [4.78, 5) is 15.1. The Labute approximate surface area is 358 Å². The van der Waals surface area contributed by atoms with E-state index in [4.69, 9.17) is 15.0 Å². The molecule has 2 aliphatic rings. The molecule has 282 valence electrons. The van der Waals surface area contributed by atoms with Crippen LogP contribution in [0.3, 0.4) is 0 Å². The highest BCUT2D eigenvalue weighted by Crippen LogP contribution is 2.52. The number of hydrogen-bond acceptors (Lipinski definition) is 4. The van der Waals surface area contributed by atoms with Crippen LogP contribution < -0.4 is 0 Å². The first-order valence-corrected chi connectivity index (χ1v) is 21.8. The third-order valence-corrected chi connectivity index (χ3v) is 12.5. The van der Waals surface area contributed by atoms with E-state index in [-0.39, 0.29) is 0 Å². The number of rotatable bonds is 9. The second-order valence-electron chi connectivity index (χ2n) is 15.2. The summed E-state index contributed by atoms with van der Waals surface area (Å²) in [5.41, 5.74) is 15.9. The van der Waals surface area contributed by atoms with E-state index < -0.39 is 0 Å². The molecule has 0 fully saturated rings. The van der Waals surface area contributed by atoms with Gasteiger partial charge in [-0.2, -0.15) is 5.26 Å². The minimum Gasteiger partial charge on any atom is -0.208 e. The van der Waals surface area contributed by atoms with Crippen molar-refractivity contribution in [2.75, 3.05) is 4.43 Å². The maximum absolute atomic E-state index is 9.78. The molecule has 4 nitrogen and oxygen atoms in total. The molecule has 0 spiro atoms. The van der Waals surface area contributed by atoms with Crippen molar-refractivity contribution >= 4 is 38.9 Å². The number of halogens is 1. The van der Waals surface area contributed by atoms with Crippen LogP contribution >= 0.6 is 22.6 Å². The Hall–Kier alpha value is -6.49. The van der Waals surface area contributed by atoms with Crippen LogP contribution in [-0.2, 0) is 0 Å². The molecule has 0 aliphatic heterocycles. The van der Waals surface area contributed by atoms with Gasteiger partial charge in [0.2, 0.25) is 0 Å². The minimum atomic E-state index is 0.291. The Morgan fingerprint density at radius 1 is 0.542 bits per heavy atom. The smallest absolute Gasteiger partial charge is 0.164 e. The Morgan fingerprint density at radius 3 is 1.86 bits per heavy atom. The van der Waals surface area contributed by atoms with Crippen molar-refractivity contribution in [1.29, 1.82) is 5.26 Å². The normalized spacial score (nSPS) is 14.1. The van der Waals surface area contributed by atoms with Crippen molar-refractivity contribution in [3.05, 3.63) is 192 Å². The third-order valence-electron chi connectivity index (χ3n) is 11.7. The summed E-state index contributed by atoms with van der Waals surface area (Å²) >= 11 is 2.47. The molecule has 10 rings (SSSR count). The fraction of sp³-hybridized carbons (Fsp3) is 0.111. The average molecular weight is 871 g/mol. The first-order valence-electron chi connectivity index (χ1n) is 20.3. The predicted molar refractivity (Wildman–Crippen MR) is 251 cm³/mol. The minimum absolute atomic E-state index is 0.291. The summed E-state index contributed by atoms with van der Waals surface area (Å²) in [7, 11) is 0. The van der Waals surface area contributed by atoms with Gasteiger partial charge in [0.25, 0.3) is 0 Å². The summed E-state index contributed by atoms with van der Waals surface area (Å²) in [6.45, 7) is 0. The number of aromatic nitrogens is 3. The molecule has 59 heavy (non-hydrogen) atoms. The molecule has 1 heterocycles. The molecule has 0 N–H and O–H groups in total. The zero-order chi connectivity index (χ0) is 39.7. The number of allylic oxidation sites excluding steroid dienone is 4. The Balaban J connectivity index is 1.02. The van der Waals surface area contributed by atoms with Gasteiger partial charge in [0, 0.05) is 22.6 Å². The molecule has 0 unspecified atom stereocenters. The van der Waals surface area contributed by atoms with Gasteiger partial charge in [-0.05, 0) is 109 Å². The van der Waals surface area contributed by atoms with Gasteiger partial charge in [-0.1, -0.05) is 180 Å². The van der Waals surface area contributed by atoms with E-state index in [2.05, 4.69) is 186 Å². The van der Waals surface area contributed by atoms with Crippen molar-refractivity contribution in [3.63, 3.8) is 0 Å². The number of fused-ring (bicyclic) bond motifs is 4. The lowest BCUT2D eigenvalue weighted by Gasteiger charge is -2.16. The zero-order valence-corrected chi connectivity index (χ0v) is 34.6. The van der Waals surface area contributed by atoms with Crippen molar-refractivity contribution in [3.8, 4) is 73.4 Å². The van der Waals surface area contributed by atoms with Crippen LogP contribution in [0.1, 0.15) is 54.1 Å². The second-order valence-corrected chi connectivity index (χ2v) is 16.3. The van der Waals surface area contributed by atoms with Crippen LogP contribution in [0.25, 0.3) is 83.6 Å². The van der Waals surface area contributed by atoms with E-state index in [1.807, 2.05) is 12.1 Å². The summed E-state index contributed by atoms with van der Waals surface area (Å²) < 4.78 is 1.11. The highest BCUT2D eigenvalue weighted by Gasteiger charge is 2.31. The lowest BCUT2D eigenvalue weighted by atomic mass is 9.87. The maximum Gasteiger partial charge on any atom is 0.164 e. The molecule has 0 radical (unpaired) electrons. The summed E-state index contributed by atoms with van der Waals surface area (Å²) in [5.74, 6) is 2.29. The fourth-order valence-corrected chi connectivity index (χ4v) is 9.30. The van der Waals surface area contributed by atoms with Crippen LogP contribution in [-0.4, -0.2) is 19.4 Å². The number of alkyl halides is 1. The molecule has 2 aliphatic carbocycles. The fourth-order valence-electron chi connectivity index (χ4n) is 8.86. The van der Waals surface area contributed by atoms with Crippen molar-refractivity contribution in [2.24, 2.45) is 0 Å². The molecule has 5 heteroatoms. The highest BCUT2D eigenvalue weighted by atomic mass is 127. The summed E-state index contributed by atoms with van der Waals surface area (Å²) in [6, 6.07) is 56.3. The van der Waals surface area contributed by atoms with Crippen LogP contribution in [0.5, 0.6) is 0 Å². The second kappa shape index (κ2) is 16.0. The van der Waals surface area contributed by atoms with Crippen molar-refractivity contribution in [2.45, 2.75) is 31.6 Å². The lowest BCUT2D eigenvalue weighted by Crippen LogP contribution is -2.03. The molecule has 0 amide bonds. The molecule has 1 aromatic heterocycles. The van der Waals surface area contributed by atoms with Gasteiger partial charge < -0.3 is 0 Å². The molecular formula is C54H39IN4. The zero-order valence-electron chi connectivity index (χ0n) is 32.4. The van der Waals surface area contributed by atoms with Crippen LogP contribution in [0.15, 0.2) is 170 Å². The lowest BCUT2D eigenvalue weighted by molar-refractivity contribution is 0.721. The monoisotopic (exact) mass is 870 g/mol. The van der Waals surface area contributed by atoms with Gasteiger partial charge in [0.1, 0.15) is 0 Å². The molecule has 8 aromatic rings. The number of benzene rings is 7. The standard InChI is InChI=1S/C54H39IN4/c55-32-10-19-45-47-17-9-18-48(51(47)49-29-20-35(34-56)33-50(45)49)46-31-30-42(43-15-7-8-16-44(43)46)38-23-27-41(28-24-38)54-58-52(39-13-5-2-6-14-39)57-53(59-54)40-25-21-37(22-26-40)36-11-3-1-4-12-36/h1,3-5,7-9,11-18,20-31,33,45H,2,6,10,19,32H2/t45-/m1/s1. The van der Waals surface area contributed by atoms with Gasteiger partial charge in [0.15, 0.2) is 17.5 Å². The molecule has 1 atom stereocenters. The number of nitrogens with zero attached hydrogens (tertiary/aromatic N) is 4. The number of nitriles is 1. The van der Waals surface area contributed by atoms with Gasteiger partial charge in [-0.25, -0.2) is 15.0 Å². The quantitative estimate of drug-likeness (QED) is 0.107. The summed E-state index contributed by atoms with van der Waals surface area (Å²) in [5, 5.41) is 12.2. The Kier molecular flexibility index (Phi) is 10.0. The topological polar surface area (TPSA) is 62.5 Å². The van der Waals surface area contributed by atoms with Gasteiger partial charge in [-0.15, -0.1) is 0 Å². The first-order chi connectivity index (χ1) is 29.2. The Bertz CT molecular complexity index is 2980. The summed E-state index contributed by atoms with van der Waals surface area (Å²) in [6.07, 6.45) is 10.7. The molecule has 0 bridgehead atoms. The van der Waals surface area contributed by atoms with Crippen molar-refractivity contribution < 1.29 is 0 Å². The SMILES string of the molecule is N#Cc1ccc2c(c1)[C@H](CCCI)c1cccc(-c3ccc(-c4ccc(-c5nc(C6=CCCC=C6)nc(-c6ccc(-c7ccccc7)cc6)n5)cc4)c4ccccc34)c1-2. The van der Waals surface area contributed by atoms with E-state index in [9.17, 15) is 5.26 Å². The van der Waals surface area contributed by atoms with E-state index in [1.165, 1.54) is 55.3 Å². The van der Waals surface area contributed by atoms with Gasteiger partial charge >= 0.3 is 0 Å². The molecular weight excluding hydrogens is 832 g/mol. The highest BCUT2D eigenvalue weighted by molar-refractivity contribution is 14.1. The average Bonchev–Trinajstić information content (AvgIpc) is 3.63. The molecule has 7 aromatic carbocycles. The van der Waals surface area contributed by atoms with Crippen molar-refractivity contribution in [1.82, 2.24) is 15.0 Å². The van der Waals surface area contributed by atoms with E-state index in [0.717, 1.165) is 63.5 Å². The van der Waals surface area contributed by atoms with E-state index in [1.54, 1.807) is 0 Å². The number of hydrogen-bond donors (Lipinski definition) is 0. The Morgan fingerprint density at radius 2 is 1.17 bits per heavy atom. The predicted octanol–water partition coefficient (Wildman–Crippen LogP) is 14.3. The van der Waals surface area contributed by atoms with Crippen LogP contribution in [0.2, 0.25) is 0 Å². The van der Waals surface area contributed by atoms with E-state index >= 15 is 0 Å². The van der Waals surface area contributed by atoms with E-state index in [0.29, 0.717) is 23.4 Å². The molecule has 0 saturated heterocycles. The largest absolute Gasteiger partial charge is 0.208 e. The van der Waals surface area contributed by atoms with Crippen LogP contribution in [0, 0.1) is 11.3 Å².